The first-order chi connectivity index (χ1) is 8.59. The van der Waals surface area contributed by atoms with E-state index in [1.165, 1.54) is 32.6 Å². The van der Waals surface area contributed by atoms with Crippen molar-refractivity contribution in [2.75, 3.05) is 6.54 Å². The number of carboxylic acid groups (broad SMARTS) is 1. The molecule has 2 N–H and O–H groups in total. The van der Waals surface area contributed by atoms with Gasteiger partial charge >= 0.3 is 12.0 Å². The topological polar surface area (TPSA) is 69.6 Å². The van der Waals surface area contributed by atoms with Crippen LogP contribution in [-0.4, -0.2) is 40.6 Å². The molecule has 0 aromatic carbocycles. The maximum atomic E-state index is 12.1. The molecule has 102 valence electrons. The molecule has 5 heteroatoms. The van der Waals surface area contributed by atoms with Gasteiger partial charge in [0.25, 0.3) is 0 Å². The average molecular weight is 254 g/mol. The maximum Gasteiger partial charge on any atom is 0.325 e. The van der Waals surface area contributed by atoms with Gasteiger partial charge in [0.15, 0.2) is 0 Å². The van der Waals surface area contributed by atoms with Crippen molar-refractivity contribution in [1.29, 1.82) is 0 Å². The van der Waals surface area contributed by atoms with E-state index < -0.39 is 12.0 Å². The number of aliphatic carboxylic acids is 1. The smallest absolute Gasteiger partial charge is 0.325 e. The van der Waals surface area contributed by atoms with Crippen molar-refractivity contribution in [2.45, 2.75) is 57.5 Å². The van der Waals surface area contributed by atoms with Gasteiger partial charge < -0.3 is 15.3 Å². The Labute approximate surface area is 108 Å². The summed E-state index contributed by atoms with van der Waals surface area (Å²) < 4.78 is 0. The highest BCUT2D eigenvalue weighted by Crippen LogP contribution is 2.35. The Hall–Kier alpha value is -1.26. The van der Waals surface area contributed by atoms with Crippen molar-refractivity contribution in [3.8, 4) is 0 Å². The molecular weight excluding hydrogens is 232 g/mol. The van der Waals surface area contributed by atoms with Gasteiger partial charge in [0.05, 0.1) is 0 Å². The average Bonchev–Trinajstić information content (AvgIpc) is 2.37. The molecule has 2 rings (SSSR count). The van der Waals surface area contributed by atoms with E-state index in [-0.39, 0.29) is 6.03 Å². The Morgan fingerprint density at radius 2 is 1.89 bits per heavy atom. The molecule has 2 aliphatic rings. The number of carbonyl (C=O) groups is 2. The first-order valence-electron chi connectivity index (χ1n) is 6.89. The molecule has 18 heavy (non-hydrogen) atoms. The lowest BCUT2D eigenvalue weighted by molar-refractivity contribution is -0.138. The van der Waals surface area contributed by atoms with E-state index in [0.29, 0.717) is 12.0 Å². The van der Waals surface area contributed by atoms with E-state index in [4.69, 9.17) is 5.11 Å². The van der Waals surface area contributed by atoms with Crippen LogP contribution in [0.3, 0.4) is 0 Å². The third-order valence-corrected chi connectivity index (χ3v) is 4.21. The van der Waals surface area contributed by atoms with Crippen LogP contribution < -0.4 is 5.32 Å². The summed E-state index contributed by atoms with van der Waals surface area (Å²) >= 11 is 0. The number of piperidine rings is 1. The number of likely N-dealkylation sites (tertiary alicyclic amines) is 1. The first-order valence-corrected chi connectivity index (χ1v) is 6.89. The van der Waals surface area contributed by atoms with Crippen LogP contribution in [0.4, 0.5) is 4.79 Å². The number of amides is 2. The minimum absolute atomic E-state index is 0.207. The summed E-state index contributed by atoms with van der Waals surface area (Å²) in [6.07, 6.45) is 6.98. The summed E-state index contributed by atoms with van der Waals surface area (Å²) in [6.45, 7) is 2.27. The molecule has 0 radical (unpaired) electrons. The van der Waals surface area contributed by atoms with Gasteiger partial charge in [-0.05, 0) is 38.5 Å². The number of carboxylic acids is 1. The third-order valence-electron chi connectivity index (χ3n) is 4.21. The Bertz CT molecular complexity index is 330. The molecule has 1 heterocycles. The van der Waals surface area contributed by atoms with Gasteiger partial charge in [-0.15, -0.1) is 0 Å². The lowest BCUT2D eigenvalue weighted by Gasteiger charge is -2.44. The fourth-order valence-electron chi connectivity index (χ4n) is 3.21. The van der Waals surface area contributed by atoms with Crippen molar-refractivity contribution in [3.63, 3.8) is 0 Å². The normalized spacial score (nSPS) is 29.3. The number of nitrogens with zero attached hydrogens (tertiary/aromatic N) is 1. The Kier molecular flexibility index (Phi) is 4.09. The summed E-state index contributed by atoms with van der Waals surface area (Å²) in [7, 11) is 0. The number of rotatable bonds is 2. The van der Waals surface area contributed by atoms with Crippen molar-refractivity contribution >= 4 is 12.0 Å². The molecule has 0 unspecified atom stereocenters. The van der Waals surface area contributed by atoms with Gasteiger partial charge in [-0.1, -0.05) is 12.8 Å². The van der Waals surface area contributed by atoms with Gasteiger partial charge in [-0.3, -0.25) is 4.79 Å². The third kappa shape index (κ3) is 2.76. The van der Waals surface area contributed by atoms with Crippen LogP contribution in [0.1, 0.15) is 45.4 Å². The molecule has 0 aromatic rings. The second-order valence-corrected chi connectivity index (χ2v) is 5.46. The van der Waals surface area contributed by atoms with Crippen molar-refractivity contribution in [2.24, 2.45) is 5.92 Å². The van der Waals surface area contributed by atoms with Gasteiger partial charge in [0.1, 0.15) is 6.04 Å². The van der Waals surface area contributed by atoms with Crippen LogP contribution in [0.25, 0.3) is 0 Å². The first kappa shape index (κ1) is 13.2. The van der Waals surface area contributed by atoms with Crippen LogP contribution in [0, 0.1) is 5.92 Å². The molecule has 0 spiro atoms. The lowest BCUT2D eigenvalue weighted by atomic mass is 9.78. The van der Waals surface area contributed by atoms with E-state index in [2.05, 4.69) is 5.32 Å². The van der Waals surface area contributed by atoms with Crippen LogP contribution in [0.2, 0.25) is 0 Å². The molecular formula is C13H22N2O3. The summed E-state index contributed by atoms with van der Waals surface area (Å²) in [5, 5.41) is 11.4. The zero-order chi connectivity index (χ0) is 13.1. The van der Waals surface area contributed by atoms with Gasteiger partial charge in [-0.2, -0.15) is 0 Å². The van der Waals surface area contributed by atoms with Crippen LogP contribution in [-0.2, 0) is 4.79 Å². The Balaban J connectivity index is 1.97. The molecule has 5 nitrogen and oxygen atoms in total. The summed E-state index contributed by atoms with van der Waals surface area (Å²) in [6, 6.07) is -0.698. The van der Waals surface area contributed by atoms with Crippen molar-refractivity contribution in [3.05, 3.63) is 0 Å². The summed E-state index contributed by atoms with van der Waals surface area (Å²) in [5.74, 6) is -0.362. The molecule has 1 aliphatic heterocycles. The zero-order valence-corrected chi connectivity index (χ0v) is 10.9. The molecule has 0 aromatic heterocycles. The number of hydrogen-bond acceptors (Lipinski definition) is 2. The maximum absolute atomic E-state index is 12.1. The standard InChI is InChI=1S/C13H22N2O3/c1-9(12(16)17)14-13(18)15-8-4-6-10-5-2-3-7-11(10)15/h9-11H,2-8H2,1H3,(H,14,18)(H,16,17)/t9-,10-,11-/m1/s1. The highest BCUT2D eigenvalue weighted by atomic mass is 16.4. The number of hydrogen-bond donors (Lipinski definition) is 2. The summed E-state index contributed by atoms with van der Waals surface area (Å²) in [4.78, 5) is 24.8. The van der Waals surface area contributed by atoms with E-state index in [1.807, 2.05) is 4.90 Å². The van der Waals surface area contributed by atoms with Gasteiger partial charge in [-0.25, -0.2) is 4.79 Å². The van der Waals surface area contributed by atoms with E-state index >= 15 is 0 Å². The van der Waals surface area contributed by atoms with E-state index in [0.717, 1.165) is 19.4 Å². The van der Waals surface area contributed by atoms with Crippen LogP contribution >= 0.6 is 0 Å². The minimum Gasteiger partial charge on any atom is -0.480 e. The number of nitrogens with one attached hydrogen (secondary N) is 1. The molecule has 1 saturated carbocycles. The second kappa shape index (κ2) is 5.59. The van der Waals surface area contributed by atoms with Crippen molar-refractivity contribution < 1.29 is 14.7 Å². The molecule has 3 atom stereocenters. The number of fused-ring (bicyclic) bond motifs is 1. The fourth-order valence-corrected chi connectivity index (χ4v) is 3.21. The predicted octanol–water partition coefficient (Wildman–Crippen LogP) is 1.82. The highest BCUT2D eigenvalue weighted by molar-refractivity contribution is 5.82. The van der Waals surface area contributed by atoms with Crippen molar-refractivity contribution in [1.82, 2.24) is 10.2 Å². The molecule has 2 fully saturated rings. The zero-order valence-electron chi connectivity index (χ0n) is 10.9. The lowest BCUT2D eigenvalue weighted by Crippen LogP contribution is -2.55. The monoisotopic (exact) mass is 254 g/mol. The quantitative estimate of drug-likeness (QED) is 0.789. The Morgan fingerprint density at radius 3 is 2.61 bits per heavy atom. The Morgan fingerprint density at radius 1 is 1.22 bits per heavy atom. The SMILES string of the molecule is C[C@@H](NC(=O)N1CCC[C@H]2CCCC[C@H]21)C(=O)O. The second-order valence-electron chi connectivity index (χ2n) is 5.46. The van der Waals surface area contributed by atoms with Crippen LogP contribution in [0.15, 0.2) is 0 Å². The molecule has 1 aliphatic carbocycles. The van der Waals surface area contributed by atoms with Crippen LogP contribution in [0.5, 0.6) is 0 Å². The van der Waals surface area contributed by atoms with E-state index in [9.17, 15) is 9.59 Å². The molecule has 1 saturated heterocycles. The number of urea groups is 1. The minimum atomic E-state index is -0.986. The number of carbonyl (C=O) groups excluding carboxylic acids is 1. The van der Waals surface area contributed by atoms with E-state index in [1.54, 1.807) is 0 Å². The summed E-state index contributed by atoms with van der Waals surface area (Å²) in [5.41, 5.74) is 0. The molecule has 2 amide bonds. The largest absolute Gasteiger partial charge is 0.480 e. The predicted molar refractivity (Wildman–Crippen MR) is 67.3 cm³/mol. The fraction of sp³-hybridized carbons (Fsp3) is 0.846. The van der Waals surface area contributed by atoms with Gasteiger partial charge in [0.2, 0.25) is 0 Å². The van der Waals surface area contributed by atoms with Gasteiger partial charge in [0, 0.05) is 12.6 Å². The molecule has 0 bridgehead atoms. The highest BCUT2D eigenvalue weighted by Gasteiger charge is 2.36.